The van der Waals surface area contributed by atoms with Gasteiger partial charge in [0, 0.05) is 23.2 Å². The van der Waals surface area contributed by atoms with Crippen molar-refractivity contribution >= 4 is 16.9 Å². The van der Waals surface area contributed by atoms with Gasteiger partial charge in [0.05, 0.1) is 24.1 Å². The van der Waals surface area contributed by atoms with Crippen molar-refractivity contribution in [3.05, 3.63) is 70.7 Å². The van der Waals surface area contributed by atoms with Gasteiger partial charge in [-0.2, -0.15) is 0 Å². The number of aliphatic carboxylic acids is 1. The number of aryl methyl sites for hydroxylation is 1. The average Bonchev–Trinajstić information content (AvgIpc) is 2.93. The molecule has 0 saturated carbocycles. The number of benzene rings is 2. The third-order valence-electron chi connectivity index (χ3n) is 7.83. The fourth-order valence-electron chi connectivity index (χ4n) is 5.48. The van der Waals surface area contributed by atoms with Crippen molar-refractivity contribution in [2.75, 3.05) is 26.7 Å². The van der Waals surface area contributed by atoms with Crippen molar-refractivity contribution in [3.8, 4) is 5.75 Å². The average molecular weight is 549 g/mol. The highest BCUT2D eigenvalue weighted by molar-refractivity contribution is 5.85. The molecule has 6 nitrogen and oxygen atoms in total. The van der Waals surface area contributed by atoms with Crippen molar-refractivity contribution in [3.63, 3.8) is 0 Å². The van der Waals surface area contributed by atoms with Crippen LogP contribution in [0.3, 0.4) is 0 Å². The summed E-state index contributed by atoms with van der Waals surface area (Å²) in [7, 11) is 1.51. The van der Waals surface area contributed by atoms with Gasteiger partial charge in [0.15, 0.2) is 11.6 Å². The molecule has 2 N–H and O–H groups in total. The molecule has 0 amide bonds. The van der Waals surface area contributed by atoms with Crippen molar-refractivity contribution in [1.82, 2.24) is 9.88 Å². The summed E-state index contributed by atoms with van der Waals surface area (Å²) in [5, 5.41) is 21.8. The zero-order valence-corrected chi connectivity index (χ0v) is 21.7. The third kappa shape index (κ3) is 6.33. The SMILES string of the molecule is COc1ccc2ncc(CF)c([C@H](O)CCC3(C(=O)O)CCN(CCCc4cc(F)cc(F)c4F)CC3)c2c1. The van der Waals surface area contributed by atoms with Crippen LogP contribution in [0.4, 0.5) is 17.6 Å². The van der Waals surface area contributed by atoms with Crippen LogP contribution in [-0.2, 0) is 17.9 Å². The fraction of sp³-hybridized carbons (Fsp3) is 0.448. The lowest BCUT2D eigenvalue weighted by atomic mass is 9.73. The van der Waals surface area contributed by atoms with Crippen LogP contribution in [0.5, 0.6) is 5.75 Å². The standard InChI is InChI=1S/C29H32F4N2O4/c1-39-21-4-5-24-22(15-21)26(19(16-30)17-34-24)25(36)6-7-29(28(37)38)8-11-35(12-9-29)10-2-3-18-13-20(31)14-23(32)27(18)33/h4-5,13-15,17,25,36H,2-3,6-12,16H2,1H3,(H,37,38)/t25-/m1/s1. The molecule has 0 unspecified atom stereocenters. The second kappa shape index (κ2) is 12.3. The van der Waals surface area contributed by atoms with Crippen molar-refractivity contribution in [2.24, 2.45) is 5.41 Å². The molecule has 210 valence electrons. The number of carbonyl (C=O) groups is 1. The Morgan fingerprint density at radius 2 is 1.90 bits per heavy atom. The van der Waals surface area contributed by atoms with Crippen LogP contribution in [-0.4, -0.2) is 52.8 Å². The number of alkyl halides is 1. The summed E-state index contributed by atoms with van der Waals surface area (Å²) in [6, 6.07) is 6.64. The molecule has 0 aliphatic carbocycles. The number of hydrogen-bond donors (Lipinski definition) is 2. The number of methoxy groups -OCH3 is 1. The molecule has 1 saturated heterocycles. The zero-order chi connectivity index (χ0) is 28.2. The number of aliphatic hydroxyl groups is 1. The minimum Gasteiger partial charge on any atom is -0.497 e. The Morgan fingerprint density at radius 1 is 1.15 bits per heavy atom. The molecule has 10 heteroatoms. The second-order valence-electron chi connectivity index (χ2n) is 10.2. The summed E-state index contributed by atoms with van der Waals surface area (Å²) in [6.07, 6.45) is 1.94. The number of aliphatic hydroxyl groups excluding tert-OH is 1. The Kier molecular flexibility index (Phi) is 9.07. The van der Waals surface area contributed by atoms with Crippen molar-refractivity contribution in [2.45, 2.75) is 51.3 Å². The van der Waals surface area contributed by atoms with E-state index >= 15 is 0 Å². The molecule has 0 spiro atoms. The predicted octanol–water partition coefficient (Wildman–Crippen LogP) is 5.74. The Bertz CT molecular complexity index is 1320. The van der Waals surface area contributed by atoms with Crippen LogP contribution >= 0.6 is 0 Å². The van der Waals surface area contributed by atoms with Crippen molar-refractivity contribution in [1.29, 1.82) is 0 Å². The summed E-state index contributed by atoms with van der Waals surface area (Å²) < 4.78 is 59.9. The minimum absolute atomic E-state index is 0.0210. The number of nitrogens with zero attached hydrogens (tertiary/aromatic N) is 2. The monoisotopic (exact) mass is 548 g/mol. The minimum atomic E-state index is -1.21. The maximum absolute atomic E-state index is 13.9. The molecule has 3 aromatic rings. The zero-order valence-electron chi connectivity index (χ0n) is 21.7. The van der Waals surface area contributed by atoms with Gasteiger partial charge < -0.3 is 19.8 Å². The molecule has 1 atom stereocenters. The number of carboxylic acid groups (broad SMARTS) is 1. The van der Waals surface area contributed by atoms with Crippen LogP contribution in [0.25, 0.3) is 10.9 Å². The highest BCUT2D eigenvalue weighted by atomic mass is 19.2. The summed E-state index contributed by atoms with van der Waals surface area (Å²) in [6.45, 7) is 0.666. The third-order valence-corrected chi connectivity index (χ3v) is 7.83. The molecule has 4 rings (SSSR count). The molecule has 1 aliphatic heterocycles. The molecular formula is C29H32F4N2O4. The molecule has 0 radical (unpaired) electrons. The van der Waals surface area contributed by atoms with E-state index in [4.69, 9.17) is 4.74 Å². The van der Waals surface area contributed by atoms with Gasteiger partial charge in [-0.15, -0.1) is 0 Å². The number of ether oxygens (including phenoxy) is 1. The number of aromatic nitrogens is 1. The Balaban J connectivity index is 1.39. The van der Waals surface area contributed by atoms with Gasteiger partial charge >= 0.3 is 5.97 Å². The second-order valence-corrected chi connectivity index (χ2v) is 10.2. The normalized spacial score (nSPS) is 16.4. The van der Waals surface area contributed by atoms with Crippen LogP contribution in [0.1, 0.15) is 54.9 Å². The lowest BCUT2D eigenvalue weighted by molar-refractivity contribution is -0.153. The lowest BCUT2D eigenvalue weighted by Gasteiger charge is -2.39. The Hall–Kier alpha value is -3.24. The van der Waals surface area contributed by atoms with Crippen LogP contribution in [0.15, 0.2) is 36.5 Å². The molecule has 0 bridgehead atoms. The molecule has 2 aromatic carbocycles. The number of rotatable bonds is 11. The fourth-order valence-corrected chi connectivity index (χ4v) is 5.48. The lowest BCUT2D eigenvalue weighted by Crippen LogP contribution is -2.44. The highest BCUT2D eigenvalue weighted by Crippen LogP contribution is 2.40. The molecule has 1 aliphatic rings. The summed E-state index contributed by atoms with van der Waals surface area (Å²) in [5.74, 6) is -3.50. The predicted molar refractivity (Wildman–Crippen MR) is 138 cm³/mol. The molecule has 1 aromatic heterocycles. The first-order valence-electron chi connectivity index (χ1n) is 13.0. The summed E-state index contributed by atoms with van der Waals surface area (Å²) in [5.41, 5.74) is 0.139. The maximum atomic E-state index is 13.9. The van der Waals surface area contributed by atoms with Crippen LogP contribution < -0.4 is 4.74 Å². The van der Waals surface area contributed by atoms with Crippen LogP contribution in [0, 0.1) is 22.9 Å². The first-order chi connectivity index (χ1) is 18.7. The highest BCUT2D eigenvalue weighted by Gasteiger charge is 2.41. The number of piperidine rings is 1. The topological polar surface area (TPSA) is 82.9 Å². The van der Waals surface area contributed by atoms with E-state index in [2.05, 4.69) is 9.88 Å². The molecule has 1 fully saturated rings. The van der Waals surface area contributed by atoms with E-state index in [9.17, 15) is 32.6 Å². The van der Waals surface area contributed by atoms with Gasteiger partial charge in [-0.1, -0.05) is 0 Å². The number of halogens is 4. The van der Waals surface area contributed by atoms with Gasteiger partial charge in [0.25, 0.3) is 0 Å². The number of fused-ring (bicyclic) bond motifs is 1. The summed E-state index contributed by atoms with van der Waals surface area (Å²) >= 11 is 0. The number of carboxylic acids is 1. The van der Waals surface area contributed by atoms with Crippen molar-refractivity contribution < 1.29 is 37.3 Å². The molecule has 2 heterocycles. The Morgan fingerprint density at radius 3 is 2.56 bits per heavy atom. The first kappa shape index (κ1) is 28.8. The van der Waals surface area contributed by atoms with Gasteiger partial charge in [-0.3, -0.25) is 9.78 Å². The van der Waals surface area contributed by atoms with E-state index in [-0.39, 0.29) is 30.4 Å². The van der Waals surface area contributed by atoms with E-state index in [0.717, 1.165) is 6.07 Å². The summed E-state index contributed by atoms with van der Waals surface area (Å²) in [4.78, 5) is 18.7. The van der Waals surface area contributed by atoms with Gasteiger partial charge in [0.2, 0.25) is 0 Å². The number of pyridine rings is 1. The van der Waals surface area contributed by atoms with Gasteiger partial charge in [0.1, 0.15) is 18.2 Å². The van der Waals surface area contributed by atoms with Crippen LogP contribution in [0.2, 0.25) is 0 Å². The molecular weight excluding hydrogens is 516 g/mol. The number of likely N-dealkylation sites (tertiary alicyclic amines) is 1. The van der Waals surface area contributed by atoms with Gasteiger partial charge in [-0.25, -0.2) is 17.6 Å². The van der Waals surface area contributed by atoms with E-state index in [1.54, 1.807) is 18.2 Å². The smallest absolute Gasteiger partial charge is 0.309 e. The Labute approximate surface area is 224 Å². The number of hydrogen-bond acceptors (Lipinski definition) is 5. The first-order valence-corrected chi connectivity index (χ1v) is 13.0. The van der Waals surface area contributed by atoms with Gasteiger partial charge in [-0.05, 0) is 93.6 Å². The van der Waals surface area contributed by atoms with E-state index in [1.165, 1.54) is 13.3 Å². The van der Waals surface area contributed by atoms with E-state index in [0.29, 0.717) is 67.2 Å². The largest absolute Gasteiger partial charge is 0.497 e. The molecule has 39 heavy (non-hydrogen) atoms. The van der Waals surface area contributed by atoms with E-state index < -0.39 is 41.6 Å². The quantitative estimate of drug-likeness (QED) is 0.235. The maximum Gasteiger partial charge on any atom is 0.309 e. The van der Waals surface area contributed by atoms with E-state index in [1.807, 2.05) is 0 Å².